The van der Waals surface area contributed by atoms with Crippen LogP contribution in [0.4, 0.5) is 0 Å². The molecule has 2 heteroatoms. The Kier molecular flexibility index (Phi) is 3.79. The van der Waals surface area contributed by atoms with Crippen molar-refractivity contribution in [2.45, 2.75) is 32.6 Å². The van der Waals surface area contributed by atoms with Crippen LogP contribution in [0.2, 0.25) is 0 Å². The molecule has 2 aromatic rings. The van der Waals surface area contributed by atoms with E-state index in [2.05, 4.69) is 37.9 Å². The van der Waals surface area contributed by atoms with Gasteiger partial charge in [0.05, 0.1) is 0 Å². The molecule has 0 N–H and O–H groups in total. The predicted molar refractivity (Wildman–Crippen MR) is 77.4 cm³/mol. The third-order valence-corrected chi connectivity index (χ3v) is 3.17. The fourth-order valence-corrected chi connectivity index (χ4v) is 1.94. The van der Waals surface area contributed by atoms with Crippen molar-refractivity contribution in [2.75, 3.05) is 0 Å². The van der Waals surface area contributed by atoms with Crippen molar-refractivity contribution < 1.29 is 4.79 Å². The number of ketones is 1. The third-order valence-electron chi connectivity index (χ3n) is 3.17. The predicted octanol–water partition coefficient (Wildman–Crippen LogP) is 3.80. The lowest BCUT2D eigenvalue weighted by Crippen LogP contribution is -2.11. The largest absolute Gasteiger partial charge is 0.294 e. The molecule has 2 nitrogen and oxygen atoms in total. The average Bonchev–Trinajstić information content (AvgIpc) is 2.39. The standard InChI is InChI=1S/C17H19NO/c1-17(2,3)15-8-6-13(7-9-15)11-16(19)14-5-4-10-18-12-14/h4-10,12H,11H2,1-3H3. The molecule has 0 amide bonds. The van der Waals surface area contributed by atoms with Crippen molar-refractivity contribution in [2.24, 2.45) is 0 Å². The summed E-state index contributed by atoms with van der Waals surface area (Å²) in [5.41, 5.74) is 3.14. The number of rotatable bonds is 3. The van der Waals surface area contributed by atoms with Crippen molar-refractivity contribution in [3.63, 3.8) is 0 Å². The SMILES string of the molecule is CC(C)(C)c1ccc(CC(=O)c2cccnc2)cc1. The molecular weight excluding hydrogens is 234 g/mol. The number of carbonyl (C=O) groups excluding carboxylic acids is 1. The van der Waals surface area contributed by atoms with E-state index in [0.717, 1.165) is 5.56 Å². The smallest absolute Gasteiger partial charge is 0.168 e. The van der Waals surface area contributed by atoms with E-state index < -0.39 is 0 Å². The van der Waals surface area contributed by atoms with E-state index in [4.69, 9.17) is 0 Å². The minimum absolute atomic E-state index is 0.108. The van der Waals surface area contributed by atoms with Gasteiger partial charge < -0.3 is 0 Å². The van der Waals surface area contributed by atoms with Gasteiger partial charge in [0, 0.05) is 24.4 Å². The second-order valence-electron chi connectivity index (χ2n) is 5.79. The highest BCUT2D eigenvalue weighted by molar-refractivity contribution is 5.97. The lowest BCUT2D eigenvalue weighted by molar-refractivity contribution is 0.0992. The number of hydrogen-bond acceptors (Lipinski definition) is 2. The quantitative estimate of drug-likeness (QED) is 0.779. The molecule has 0 unspecified atom stereocenters. The molecule has 0 aliphatic heterocycles. The van der Waals surface area contributed by atoms with Gasteiger partial charge in [-0.2, -0.15) is 0 Å². The van der Waals surface area contributed by atoms with Crippen LogP contribution in [0.3, 0.4) is 0 Å². The van der Waals surface area contributed by atoms with E-state index >= 15 is 0 Å². The summed E-state index contributed by atoms with van der Waals surface area (Å²) in [4.78, 5) is 16.0. The van der Waals surface area contributed by atoms with Crippen LogP contribution in [0, 0.1) is 0 Å². The van der Waals surface area contributed by atoms with Crippen molar-refractivity contribution in [1.29, 1.82) is 0 Å². The van der Waals surface area contributed by atoms with E-state index in [1.54, 1.807) is 24.5 Å². The molecule has 0 bridgehead atoms. The lowest BCUT2D eigenvalue weighted by atomic mass is 9.86. The average molecular weight is 253 g/mol. The van der Waals surface area contributed by atoms with Gasteiger partial charge in [-0.15, -0.1) is 0 Å². The molecule has 1 heterocycles. The van der Waals surface area contributed by atoms with Gasteiger partial charge in [-0.25, -0.2) is 0 Å². The monoisotopic (exact) mass is 253 g/mol. The molecule has 0 aliphatic carbocycles. The van der Waals surface area contributed by atoms with Crippen LogP contribution >= 0.6 is 0 Å². The number of pyridine rings is 1. The molecule has 0 fully saturated rings. The molecule has 1 aromatic heterocycles. The van der Waals surface area contributed by atoms with Crippen LogP contribution in [0.5, 0.6) is 0 Å². The molecule has 0 aliphatic rings. The molecule has 98 valence electrons. The number of hydrogen-bond donors (Lipinski definition) is 0. The molecule has 19 heavy (non-hydrogen) atoms. The maximum atomic E-state index is 12.1. The number of Topliss-reactive ketones (excluding diaryl/α,β-unsaturated/α-hetero) is 1. The summed E-state index contributed by atoms with van der Waals surface area (Å²) in [6, 6.07) is 11.9. The highest BCUT2D eigenvalue weighted by Gasteiger charge is 2.13. The van der Waals surface area contributed by atoms with Gasteiger partial charge in [0.1, 0.15) is 0 Å². The molecular formula is C17H19NO. The topological polar surface area (TPSA) is 30.0 Å². The molecule has 0 saturated heterocycles. The second kappa shape index (κ2) is 5.35. The molecule has 0 atom stereocenters. The Morgan fingerprint density at radius 3 is 2.32 bits per heavy atom. The van der Waals surface area contributed by atoms with E-state index in [0.29, 0.717) is 12.0 Å². The van der Waals surface area contributed by atoms with E-state index in [9.17, 15) is 4.79 Å². The molecule has 0 radical (unpaired) electrons. The summed E-state index contributed by atoms with van der Waals surface area (Å²) >= 11 is 0. The summed E-state index contributed by atoms with van der Waals surface area (Å²) in [6.07, 6.45) is 3.72. The Morgan fingerprint density at radius 2 is 1.79 bits per heavy atom. The van der Waals surface area contributed by atoms with E-state index in [1.807, 2.05) is 12.1 Å². The van der Waals surface area contributed by atoms with Crippen LogP contribution < -0.4 is 0 Å². The summed E-state index contributed by atoms with van der Waals surface area (Å²) < 4.78 is 0. The van der Waals surface area contributed by atoms with Crippen molar-refractivity contribution in [3.05, 3.63) is 65.5 Å². The number of aromatic nitrogens is 1. The molecule has 0 saturated carbocycles. The summed E-state index contributed by atoms with van der Waals surface area (Å²) in [5, 5.41) is 0. The van der Waals surface area contributed by atoms with Crippen molar-refractivity contribution >= 4 is 5.78 Å². The van der Waals surface area contributed by atoms with Gasteiger partial charge in [0.15, 0.2) is 5.78 Å². The fourth-order valence-electron chi connectivity index (χ4n) is 1.94. The van der Waals surface area contributed by atoms with Gasteiger partial charge in [0.25, 0.3) is 0 Å². The first kappa shape index (κ1) is 13.5. The molecule has 2 rings (SSSR count). The van der Waals surface area contributed by atoms with Crippen LogP contribution in [-0.4, -0.2) is 10.8 Å². The van der Waals surface area contributed by atoms with Crippen molar-refractivity contribution in [1.82, 2.24) is 4.98 Å². The van der Waals surface area contributed by atoms with E-state index in [1.165, 1.54) is 5.56 Å². The Morgan fingerprint density at radius 1 is 1.11 bits per heavy atom. The summed E-state index contributed by atoms with van der Waals surface area (Å²) in [5.74, 6) is 0.108. The van der Waals surface area contributed by atoms with Gasteiger partial charge in [-0.05, 0) is 28.7 Å². The van der Waals surface area contributed by atoms with Gasteiger partial charge in [-0.3, -0.25) is 9.78 Å². The zero-order chi connectivity index (χ0) is 13.9. The van der Waals surface area contributed by atoms with Crippen LogP contribution in [0.25, 0.3) is 0 Å². The summed E-state index contributed by atoms with van der Waals surface area (Å²) in [7, 11) is 0. The van der Waals surface area contributed by atoms with Crippen LogP contribution in [0.1, 0.15) is 42.3 Å². The Bertz CT molecular complexity index is 550. The number of benzene rings is 1. The molecule has 1 aromatic carbocycles. The molecule has 0 spiro atoms. The number of carbonyl (C=O) groups is 1. The van der Waals surface area contributed by atoms with Crippen LogP contribution in [-0.2, 0) is 11.8 Å². The first-order valence-corrected chi connectivity index (χ1v) is 6.49. The fraction of sp³-hybridized carbons (Fsp3) is 0.294. The van der Waals surface area contributed by atoms with Gasteiger partial charge in [-0.1, -0.05) is 45.0 Å². The van der Waals surface area contributed by atoms with Crippen molar-refractivity contribution in [3.8, 4) is 0 Å². The minimum Gasteiger partial charge on any atom is -0.294 e. The zero-order valence-corrected chi connectivity index (χ0v) is 11.7. The van der Waals surface area contributed by atoms with E-state index in [-0.39, 0.29) is 11.2 Å². The minimum atomic E-state index is 0.108. The lowest BCUT2D eigenvalue weighted by Gasteiger charge is -2.19. The Labute approximate surface area is 114 Å². The van der Waals surface area contributed by atoms with Gasteiger partial charge in [0.2, 0.25) is 0 Å². The highest BCUT2D eigenvalue weighted by atomic mass is 16.1. The third kappa shape index (κ3) is 3.50. The first-order valence-electron chi connectivity index (χ1n) is 6.49. The Balaban J connectivity index is 2.10. The maximum absolute atomic E-state index is 12.1. The second-order valence-corrected chi connectivity index (χ2v) is 5.79. The highest BCUT2D eigenvalue weighted by Crippen LogP contribution is 2.22. The summed E-state index contributed by atoms with van der Waals surface area (Å²) in [6.45, 7) is 6.55. The van der Waals surface area contributed by atoms with Gasteiger partial charge >= 0.3 is 0 Å². The maximum Gasteiger partial charge on any atom is 0.168 e. The Hall–Kier alpha value is -1.96. The zero-order valence-electron chi connectivity index (χ0n) is 11.7. The first-order chi connectivity index (χ1) is 8.97. The van der Waals surface area contributed by atoms with Crippen LogP contribution in [0.15, 0.2) is 48.8 Å². The number of nitrogens with zero attached hydrogens (tertiary/aromatic N) is 1. The normalized spacial score (nSPS) is 11.3.